The van der Waals surface area contributed by atoms with Crippen molar-refractivity contribution in [1.82, 2.24) is 0 Å². The molecule has 0 aliphatic carbocycles. The zero-order valence-corrected chi connectivity index (χ0v) is 7.64. The lowest BCUT2D eigenvalue weighted by Crippen LogP contribution is -2.25. The molecule has 1 heterocycles. The minimum Gasteiger partial charge on any atom is -0.485 e. The van der Waals surface area contributed by atoms with Gasteiger partial charge in [0.2, 0.25) is 0 Å². The highest BCUT2D eigenvalue weighted by atomic mass is 32.2. The summed E-state index contributed by atoms with van der Waals surface area (Å²) >= 11 is 1.66. The van der Waals surface area contributed by atoms with Crippen LogP contribution in [0, 0.1) is 0 Å². The Hall–Kier alpha value is -0.830. The number of hydrogen-bond acceptors (Lipinski definition) is 3. The Morgan fingerprint density at radius 2 is 2.08 bits per heavy atom. The van der Waals surface area contributed by atoms with Crippen molar-refractivity contribution in [3.63, 3.8) is 0 Å². The molecule has 0 fully saturated rings. The van der Waals surface area contributed by atoms with Gasteiger partial charge >= 0.3 is 0 Å². The first-order valence-electron chi connectivity index (χ1n) is 3.81. The van der Waals surface area contributed by atoms with E-state index in [0.717, 1.165) is 11.5 Å². The number of ether oxygens (including phenoxy) is 2. The monoisotopic (exact) mass is 182 g/mol. The Balaban J connectivity index is 2.23. The van der Waals surface area contributed by atoms with Crippen LogP contribution in [0.5, 0.6) is 11.5 Å². The maximum Gasteiger partial charge on any atom is 0.178 e. The van der Waals surface area contributed by atoms with Crippen molar-refractivity contribution in [1.29, 1.82) is 0 Å². The third-order valence-electron chi connectivity index (χ3n) is 1.75. The van der Waals surface area contributed by atoms with Gasteiger partial charge in [0.05, 0.1) is 0 Å². The fraction of sp³-hybridized carbons (Fsp3) is 0.333. The Kier molecular flexibility index (Phi) is 2.13. The fourth-order valence-electron chi connectivity index (χ4n) is 1.12. The zero-order chi connectivity index (χ0) is 8.39. The second-order valence-electron chi connectivity index (χ2n) is 2.54. The van der Waals surface area contributed by atoms with Crippen LogP contribution < -0.4 is 9.47 Å². The maximum absolute atomic E-state index is 5.62. The largest absolute Gasteiger partial charge is 0.485 e. The summed E-state index contributed by atoms with van der Waals surface area (Å²) in [5, 5.41) is 0. The molecular formula is C9H10O2S. The van der Waals surface area contributed by atoms with Crippen LogP contribution in [0.4, 0.5) is 0 Å². The third-order valence-corrected chi connectivity index (χ3v) is 2.50. The van der Waals surface area contributed by atoms with Gasteiger partial charge in [0.1, 0.15) is 6.61 Å². The molecule has 1 unspecified atom stereocenters. The van der Waals surface area contributed by atoms with Crippen molar-refractivity contribution in [2.45, 2.75) is 5.44 Å². The smallest absolute Gasteiger partial charge is 0.178 e. The van der Waals surface area contributed by atoms with Gasteiger partial charge in [-0.1, -0.05) is 12.1 Å². The van der Waals surface area contributed by atoms with Crippen molar-refractivity contribution in [3.8, 4) is 11.5 Å². The van der Waals surface area contributed by atoms with Crippen molar-refractivity contribution in [3.05, 3.63) is 24.3 Å². The molecular weight excluding hydrogens is 172 g/mol. The number of thioether (sulfide) groups is 1. The summed E-state index contributed by atoms with van der Waals surface area (Å²) in [6, 6.07) is 7.75. The number of rotatable bonds is 1. The van der Waals surface area contributed by atoms with E-state index in [4.69, 9.17) is 9.47 Å². The highest BCUT2D eigenvalue weighted by Gasteiger charge is 2.18. The van der Waals surface area contributed by atoms with Crippen LogP contribution in [0.3, 0.4) is 0 Å². The molecule has 2 rings (SSSR count). The first kappa shape index (κ1) is 7.80. The lowest BCUT2D eigenvalue weighted by Gasteiger charge is -2.24. The summed E-state index contributed by atoms with van der Waals surface area (Å²) in [6.45, 7) is 0.637. The van der Waals surface area contributed by atoms with Crippen molar-refractivity contribution < 1.29 is 9.47 Å². The van der Waals surface area contributed by atoms with E-state index in [0.29, 0.717) is 6.61 Å². The van der Waals surface area contributed by atoms with Crippen LogP contribution in [0.1, 0.15) is 0 Å². The van der Waals surface area contributed by atoms with Crippen LogP contribution in [-0.4, -0.2) is 18.3 Å². The lowest BCUT2D eigenvalue weighted by atomic mass is 10.3. The van der Waals surface area contributed by atoms with Crippen molar-refractivity contribution in [2.24, 2.45) is 0 Å². The Morgan fingerprint density at radius 3 is 2.83 bits per heavy atom. The van der Waals surface area contributed by atoms with E-state index in [2.05, 4.69) is 0 Å². The predicted octanol–water partition coefficient (Wildman–Crippen LogP) is 2.15. The first-order chi connectivity index (χ1) is 5.90. The average molecular weight is 182 g/mol. The van der Waals surface area contributed by atoms with E-state index in [9.17, 15) is 0 Å². The highest BCUT2D eigenvalue weighted by Crippen LogP contribution is 2.32. The maximum atomic E-state index is 5.62. The predicted molar refractivity (Wildman–Crippen MR) is 49.9 cm³/mol. The van der Waals surface area contributed by atoms with E-state index in [1.807, 2.05) is 30.5 Å². The van der Waals surface area contributed by atoms with Crippen molar-refractivity contribution in [2.75, 3.05) is 12.9 Å². The topological polar surface area (TPSA) is 18.5 Å². The molecule has 1 aromatic carbocycles. The van der Waals surface area contributed by atoms with Crippen molar-refractivity contribution >= 4 is 11.8 Å². The number of para-hydroxylation sites is 2. The van der Waals surface area contributed by atoms with E-state index in [-0.39, 0.29) is 5.44 Å². The second-order valence-corrected chi connectivity index (χ2v) is 3.54. The molecule has 2 nitrogen and oxygen atoms in total. The number of benzene rings is 1. The van der Waals surface area contributed by atoms with Gasteiger partial charge in [0.25, 0.3) is 0 Å². The fourth-order valence-corrected chi connectivity index (χ4v) is 1.52. The molecule has 1 atom stereocenters. The van der Waals surface area contributed by atoms with E-state index < -0.39 is 0 Å². The van der Waals surface area contributed by atoms with Gasteiger partial charge in [-0.25, -0.2) is 0 Å². The summed E-state index contributed by atoms with van der Waals surface area (Å²) in [5.41, 5.74) is 0.139. The molecule has 0 radical (unpaired) electrons. The van der Waals surface area contributed by atoms with Gasteiger partial charge < -0.3 is 9.47 Å². The summed E-state index contributed by atoms with van der Waals surface area (Å²) in [4.78, 5) is 0. The van der Waals surface area contributed by atoms with Gasteiger partial charge in [0, 0.05) is 0 Å². The normalized spacial score (nSPS) is 20.6. The molecule has 1 aromatic rings. The van der Waals surface area contributed by atoms with Crippen LogP contribution in [0.25, 0.3) is 0 Å². The van der Waals surface area contributed by atoms with Crippen LogP contribution in [0.15, 0.2) is 24.3 Å². The van der Waals surface area contributed by atoms with Gasteiger partial charge in [-0.3, -0.25) is 0 Å². The third kappa shape index (κ3) is 1.37. The summed E-state index contributed by atoms with van der Waals surface area (Å²) in [6.07, 6.45) is 2.02. The molecule has 12 heavy (non-hydrogen) atoms. The Labute approximate surface area is 75.9 Å². The van der Waals surface area contributed by atoms with Crippen LogP contribution in [0.2, 0.25) is 0 Å². The molecule has 0 aromatic heterocycles. The standard InChI is InChI=1S/C9H10O2S/c1-12-9-6-10-7-4-2-3-5-8(7)11-9/h2-5,9H,6H2,1H3. The molecule has 0 amide bonds. The highest BCUT2D eigenvalue weighted by molar-refractivity contribution is 7.99. The van der Waals surface area contributed by atoms with E-state index >= 15 is 0 Å². The average Bonchev–Trinajstić information content (AvgIpc) is 2.17. The Morgan fingerprint density at radius 1 is 1.33 bits per heavy atom. The number of hydrogen-bond donors (Lipinski definition) is 0. The summed E-state index contributed by atoms with van der Waals surface area (Å²) in [7, 11) is 0. The van der Waals surface area contributed by atoms with Gasteiger partial charge in [-0.15, -0.1) is 11.8 Å². The molecule has 0 spiro atoms. The number of fused-ring (bicyclic) bond motifs is 1. The van der Waals surface area contributed by atoms with Crippen LogP contribution in [-0.2, 0) is 0 Å². The molecule has 3 heteroatoms. The molecule has 1 aliphatic rings. The zero-order valence-electron chi connectivity index (χ0n) is 6.82. The van der Waals surface area contributed by atoms with Gasteiger partial charge in [-0.2, -0.15) is 0 Å². The molecule has 1 aliphatic heterocycles. The van der Waals surface area contributed by atoms with Gasteiger partial charge in [-0.05, 0) is 18.4 Å². The van der Waals surface area contributed by atoms with E-state index in [1.165, 1.54) is 0 Å². The molecule has 0 saturated carbocycles. The summed E-state index contributed by atoms with van der Waals surface area (Å²) in [5.74, 6) is 1.70. The minimum absolute atomic E-state index is 0.139. The quantitative estimate of drug-likeness (QED) is 0.663. The molecule has 64 valence electrons. The molecule has 0 bridgehead atoms. The minimum atomic E-state index is 0.139. The summed E-state index contributed by atoms with van der Waals surface area (Å²) < 4.78 is 11.1. The molecule has 0 N–H and O–H groups in total. The van der Waals surface area contributed by atoms with E-state index in [1.54, 1.807) is 11.8 Å². The SMILES string of the molecule is CSC1COc2ccccc2O1. The Bertz CT molecular complexity index is 275. The van der Waals surface area contributed by atoms with Crippen LogP contribution >= 0.6 is 11.8 Å². The second kappa shape index (κ2) is 3.27. The lowest BCUT2D eigenvalue weighted by molar-refractivity contribution is 0.149. The van der Waals surface area contributed by atoms with Gasteiger partial charge in [0.15, 0.2) is 16.9 Å². The molecule has 0 saturated heterocycles. The first-order valence-corrected chi connectivity index (χ1v) is 5.10.